The van der Waals surface area contributed by atoms with Gasteiger partial charge in [-0.3, -0.25) is 4.68 Å². The molecule has 6 heteroatoms. The maximum Gasteiger partial charge on any atom is 0.354 e. The molecule has 2 rings (SSSR count). The van der Waals surface area contributed by atoms with Crippen LogP contribution in [0.1, 0.15) is 10.5 Å². The highest BCUT2D eigenvalue weighted by Gasteiger charge is 2.14. The number of halogens is 1. The molecule has 0 fully saturated rings. The van der Waals surface area contributed by atoms with Gasteiger partial charge in [-0.05, 0) is 24.3 Å². The van der Waals surface area contributed by atoms with E-state index in [4.69, 9.17) is 9.84 Å². The Labute approximate surface area is 102 Å². The molecule has 0 aliphatic heterocycles. The van der Waals surface area contributed by atoms with Crippen LogP contribution in [-0.2, 0) is 7.05 Å². The van der Waals surface area contributed by atoms with Gasteiger partial charge in [0.1, 0.15) is 5.69 Å². The zero-order valence-electron chi connectivity index (χ0n) is 9.85. The van der Waals surface area contributed by atoms with Gasteiger partial charge >= 0.3 is 5.97 Å². The van der Waals surface area contributed by atoms with Crippen molar-refractivity contribution in [3.63, 3.8) is 0 Å². The van der Waals surface area contributed by atoms with Crippen molar-refractivity contribution in [2.75, 3.05) is 7.11 Å². The number of aromatic nitrogens is 2. The molecule has 0 saturated carbocycles. The van der Waals surface area contributed by atoms with Crippen molar-refractivity contribution in [2.24, 2.45) is 7.05 Å². The zero-order valence-corrected chi connectivity index (χ0v) is 9.85. The van der Waals surface area contributed by atoms with Gasteiger partial charge in [-0.1, -0.05) is 0 Å². The molecule has 1 aromatic heterocycles. The Bertz CT molecular complexity index is 607. The van der Waals surface area contributed by atoms with Crippen LogP contribution < -0.4 is 4.74 Å². The van der Waals surface area contributed by atoms with Crippen molar-refractivity contribution in [3.8, 4) is 17.0 Å². The summed E-state index contributed by atoms with van der Waals surface area (Å²) in [6.07, 6.45) is 0. The number of carbonyl (C=O) groups is 1. The first-order chi connectivity index (χ1) is 8.52. The molecule has 0 aliphatic rings. The molecule has 0 bridgehead atoms. The summed E-state index contributed by atoms with van der Waals surface area (Å²) in [5, 5.41) is 12.9. The molecule has 0 saturated heterocycles. The summed E-state index contributed by atoms with van der Waals surface area (Å²) in [5.74, 6) is -1.46. The number of aromatic carboxylic acids is 1. The molecule has 0 amide bonds. The minimum Gasteiger partial charge on any atom is -0.494 e. The fourth-order valence-corrected chi connectivity index (χ4v) is 1.63. The van der Waals surface area contributed by atoms with Crippen molar-refractivity contribution in [3.05, 3.63) is 35.8 Å². The van der Waals surface area contributed by atoms with Crippen LogP contribution in [-0.4, -0.2) is 28.0 Å². The number of ether oxygens (including phenoxy) is 1. The molecule has 0 aliphatic carbocycles. The standard InChI is InChI=1S/C12H11FN2O3/c1-15-10(12(16)17)6-9(14-15)7-3-4-11(18-2)8(13)5-7/h3-6H,1-2H3,(H,16,17). The second-order valence-electron chi connectivity index (χ2n) is 3.69. The number of rotatable bonds is 3. The average Bonchev–Trinajstić information content (AvgIpc) is 2.71. The van der Waals surface area contributed by atoms with Gasteiger partial charge in [-0.15, -0.1) is 0 Å². The van der Waals surface area contributed by atoms with Crippen LogP contribution in [0.5, 0.6) is 5.75 Å². The summed E-state index contributed by atoms with van der Waals surface area (Å²) in [4.78, 5) is 10.9. The number of hydrogen-bond donors (Lipinski definition) is 1. The number of benzene rings is 1. The Morgan fingerprint density at radius 3 is 2.67 bits per heavy atom. The number of hydrogen-bond acceptors (Lipinski definition) is 3. The zero-order chi connectivity index (χ0) is 13.3. The summed E-state index contributed by atoms with van der Waals surface area (Å²) < 4.78 is 19.6. The first-order valence-corrected chi connectivity index (χ1v) is 5.14. The number of carboxylic acids is 1. The smallest absolute Gasteiger partial charge is 0.354 e. The summed E-state index contributed by atoms with van der Waals surface area (Å²) in [7, 11) is 2.90. The number of carboxylic acid groups (broad SMARTS) is 1. The Balaban J connectivity index is 2.46. The second-order valence-corrected chi connectivity index (χ2v) is 3.69. The van der Waals surface area contributed by atoms with Gasteiger partial charge in [0.2, 0.25) is 0 Å². The van der Waals surface area contributed by atoms with E-state index >= 15 is 0 Å². The highest BCUT2D eigenvalue weighted by molar-refractivity contribution is 5.87. The quantitative estimate of drug-likeness (QED) is 0.904. The predicted molar refractivity (Wildman–Crippen MR) is 62.1 cm³/mol. The van der Waals surface area contributed by atoms with E-state index in [1.807, 2.05) is 0 Å². The molecule has 5 nitrogen and oxygen atoms in total. The van der Waals surface area contributed by atoms with Gasteiger partial charge in [-0.2, -0.15) is 5.10 Å². The lowest BCUT2D eigenvalue weighted by molar-refractivity contribution is 0.0685. The Kier molecular flexibility index (Phi) is 3.01. The maximum atomic E-state index is 13.5. The molecular weight excluding hydrogens is 239 g/mol. The van der Waals surface area contributed by atoms with Crippen LogP contribution in [0.3, 0.4) is 0 Å². The van der Waals surface area contributed by atoms with Crippen molar-refractivity contribution in [1.29, 1.82) is 0 Å². The van der Waals surface area contributed by atoms with E-state index in [-0.39, 0.29) is 11.4 Å². The lowest BCUT2D eigenvalue weighted by Gasteiger charge is -2.02. The summed E-state index contributed by atoms with van der Waals surface area (Å²) in [5.41, 5.74) is 0.939. The van der Waals surface area contributed by atoms with E-state index in [1.165, 1.54) is 37.0 Å². The van der Waals surface area contributed by atoms with Crippen molar-refractivity contribution in [2.45, 2.75) is 0 Å². The van der Waals surface area contributed by atoms with Gasteiger partial charge < -0.3 is 9.84 Å². The summed E-state index contributed by atoms with van der Waals surface area (Å²) >= 11 is 0. The Morgan fingerprint density at radius 1 is 1.44 bits per heavy atom. The average molecular weight is 250 g/mol. The third kappa shape index (κ3) is 2.04. The first kappa shape index (κ1) is 12.1. The number of nitrogens with zero attached hydrogens (tertiary/aromatic N) is 2. The van der Waals surface area contributed by atoms with E-state index in [9.17, 15) is 9.18 Å². The number of methoxy groups -OCH3 is 1. The fraction of sp³-hybridized carbons (Fsp3) is 0.167. The van der Waals surface area contributed by atoms with Gasteiger partial charge in [-0.25, -0.2) is 9.18 Å². The van der Waals surface area contributed by atoms with Crippen LogP contribution in [0.4, 0.5) is 4.39 Å². The Morgan fingerprint density at radius 2 is 2.17 bits per heavy atom. The minimum absolute atomic E-state index is 0.0428. The van der Waals surface area contributed by atoms with Crippen molar-refractivity contribution in [1.82, 2.24) is 9.78 Å². The van der Waals surface area contributed by atoms with E-state index in [0.29, 0.717) is 11.3 Å². The lowest BCUT2D eigenvalue weighted by atomic mass is 10.1. The van der Waals surface area contributed by atoms with Crippen LogP contribution in [0, 0.1) is 5.82 Å². The third-order valence-electron chi connectivity index (χ3n) is 2.55. The predicted octanol–water partition coefficient (Wildman–Crippen LogP) is 1.93. The van der Waals surface area contributed by atoms with Gasteiger partial charge in [0.15, 0.2) is 11.6 Å². The van der Waals surface area contributed by atoms with Crippen LogP contribution >= 0.6 is 0 Å². The molecular formula is C12H11FN2O3. The van der Waals surface area contributed by atoms with Gasteiger partial charge in [0.25, 0.3) is 0 Å². The normalized spacial score (nSPS) is 10.4. The molecule has 1 aromatic carbocycles. The maximum absolute atomic E-state index is 13.5. The summed E-state index contributed by atoms with van der Waals surface area (Å²) in [6.45, 7) is 0. The molecule has 94 valence electrons. The van der Waals surface area contributed by atoms with Crippen molar-refractivity contribution < 1.29 is 19.0 Å². The molecule has 0 radical (unpaired) electrons. The molecule has 1 N–H and O–H groups in total. The molecule has 1 heterocycles. The molecule has 2 aromatic rings. The van der Waals surface area contributed by atoms with E-state index in [0.717, 1.165) is 0 Å². The first-order valence-electron chi connectivity index (χ1n) is 5.14. The molecule has 18 heavy (non-hydrogen) atoms. The fourth-order valence-electron chi connectivity index (χ4n) is 1.63. The monoisotopic (exact) mass is 250 g/mol. The lowest BCUT2D eigenvalue weighted by Crippen LogP contribution is -2.04. The summed E-state index contributed by atoms with van der Waals surface area (Å²) in [6, 6.07) is 5.74. The SMILES string of the molecule is COc1ccc(-c2cc(C(=O)O)n(C)n2)cc1F. The largest absolute Gasteiger partial charge is 0.494 e. The van der Waals surface area contributed by atoms with Crippen molar-refractivity contribution >= 4 is 5.97 Å². The topological polar surface area (TPSA) is 64.3 Å². The van der Waals surface area contributed by atoms with E-state index < -0.39 is 11.8 Å². The molecule has 0 spiro atoms. The highest BCUT2D eigenvalue weighted by atomic mass is 19.1. The third-order valence-corrected chi connectivity index (χ3v) is 2.55. The highest BCUT2D eigenvalue weighted by Crippen LogP contribution is 2.25. The van der Waals surface area contributed by atoms with Crippen LogP contribution in [0.15, 0.2) is 24.3 Å². The second kappa shape index (κ2) is 4.48. The van der Waals surface area contributed by atoms with Crippen LogP contribution in [0.2, 0.25) is 0 Å². The van der Waals surface area contributed by atoms with E-state index in [1.54, 1.807) is 6.07 Å². The number of aryl methyl sites for hydroxylation is 1. The minimum atomic E-state index is -1.08. The molecule has 0 atom stereocenters. The van der Waals surface area contributed by atoms with Gasteiger partial charge in [0.05, 0.1) is 12.8 Å². The molecule has 0 unspecified atom stereocenters. The van der Waals surface area contributed by atoms with Gasteiger partial charge in [0, 0.05) is 12.6 Å². The van der Waals surface area contributed by atoms with Crippen LogP contribution in [0.25, 0.3) is 11.3 Å². The Hall–Kier alpha value is -2.37. The van der Waals surface area contributed by atoms with E-state index in [2.05, 4.69) is 5.10 Å².